The molecule has 3 aliphatic heterocycles. The van der Waals surface area contributed by atoms with Crippen molar-refractivity contribution < 1.29 is 4.42 Å². The van der Waals surface area contributed by atoms with Crippen LogP contribution in [-0.4, -0.2) is 12.3 Å². The van der Waals surface area contributed by atoms with E-state index in [9.17, 15) is 0 Å². The molecule has 7 aliphatic rings. The van der Waals surface area contributed by atoms with Crippen molar-refractivity contribution in [1.82, 2.24) is 0 Å². The number of fused-ring (bicyclic) bond motifs is 15. The third-order valence-corrected chi connectivity index (χ3v) is 21.3. The molecule has 4 unspecified atom stereocenters. The van der Waals surface area contributed by atoms with Crippen LogP contribution in [0.25, 0.3) is 11.0 Å². The van der Waals surface area contributed by atoms with Crippen molar-refractivity contribution >= 4 is 79.8 Å². The van der Waals surface area contributed by atoms with Crippen molar-refractivity contribution in [2.45, 2.75) is 198 Å². The molecular weight excluding hydrogens is 898 g/mol. The fourth-order valence-corrected chi connectivity index (χ4v) is 16.6. The summed E-state index contributed by atoms with van der Waals surface area (Å²) >= 11 is 0. The van der Waals surface area contributed by atoms with Gasteiger partial charge in [-0.1, -0.05) is 151 Å². The molecule has 0 spiro atoms. The normalized spacial score (nSPS) is 26.6. The van der Waals surface area contributed by atoms with E-state index in [4.69, 9.17) is 4.42 Å². The average molecular weight is 976 g/mol. The molecule has 0 amide bonds. The van der Waals surface area contributed by atoms with E-state index in [2.05, 4.69) is 221 Å². The van der Waals surface area contributed by atoms with Crippen molar-refractivity contribution in [2.24, 2.45) is 0 Å². The quantitative estimate of drug-likeness (QED) is 0.165. The largest absolute Gasteiger partial charge is 0.468 e. The van der Waals surface area contributed by atoms with Gasteiger partial charge in [0.25, 0.3) is 6.71 Å². The van der Waals surface area contributed by atoms with E-state index in [1.807, 2.05) is 0 Å². The Labute approximate surface area is 443 Å². The van der Waals surface area contributed by atoms with Crippen LogP contribution in [0.1, 0.15) is 194 Å². The molecule has 378 valence electrons. The molecular formula is C69H78BN3O. The van der Waals surface area contributed by atoms with Gasteiger partial charge in [0.15, 0.2) is 0 Å². The van der Waals surface area contributed by atoms with Gasteiger partial charge in [-0.25, -0.2) is 0 Å². The summed E-state index contributed by atoms with van der Waals surface area (Å²) in [6, 6.07) is 44.3. The third kappa shape index (κ3) is 6.10. The van der Waals surface area contributed by atoms with Crippen LogP contribution in [-0.2, 0) is 37.9 Å². The number of nitrogens with zero attached hydrogens (tertiary/aromatic N) is 3. The Bertz CT molecular complexity index is 3550. The topological polar surface area (TPSA) is 22.9 Å². The summed E-state index contributed by atoms with van der Waals surface area (Å²) < 4.78 is 7.77. The zero-order chi connectivity index (χ0) is 51.7. The van der Waals surface area contributed by atoms with Gasteiger partial charge in [0, 0.05) is 50.6 Å². The van der Waals surface area contributed by atoms with E-state index in [-0.39, 0.29) is 50.2 Å². The molecule has 2 bridgehead atoms. The SMILES string of the molecule is CC(C)(C)c1ccc(N2c3cc4c(cc3B3c5oc6cc7c(cc6c5N(c5ccc(C(C)(C)C)cc5)c5cc(N6c8ccccc8C8(C)CCCCC68C)cc2c53)C2(C)CCC7(C)C2)C(C)(C)CCC4(C)C)cc1. The molecule has 14 rings (SSSR count). The van der Waals surface area contributed by atoms with Gasteiger partial charge in [0.2, 0.25) is 0 Å². The van der Waals surface area contributed by atoms with Crippen LogP contribution in [0.2, 0.25) is 0 Å². The summed E-state index contributed by atoms with van der Waals surface area (Å²) in [6.07, 6.45) is 10.8. The Morgan fingerprint density at radius 1 is 0.486 bits per heavy atom. The van der Waals surface area contributed by atoms with Crippen LogP contribution in [0.5, 0.6) is 0 Å². The van der Waals surface area contributed by atoms with Gasteiger partial charge in [-0.2, -0.15) is 0 Å². The maximum absolute atomic E-state index is 7.77. The molecule has 2 fully saturated rings. The summed E-state index contributed by atoms with van der Waals surface area (Å²) in [4.78, 5) is 8.17. The van der Waals surface area contributed by atoms with E-state index in [1.54, 1.807) is 0 Å². The monoisotopic (exact) mass is 976 g/mol. The van der Waals surface area contributed by atoms with E-state index in [0.717, 1.165) is 30.5 Å². The van der Waals surface area contributed by atoms with E-state index in [0.29, 0.717) is 0 Å². The number of hydrogen-bond donors (Lipinski definition) is 0. The first-order chi connectivity index (χ1) is 34.9. The second-order valence-electron chi connectivity index (χ2n) is 29.0. The lowest BCUT2D eigenvalue weighted by atomic mass is 9.35. The Kier molecular flexibility index (Phi) is 9.25. The molecule has 6 aromatic carbocycles. The first-order valence-corrected chi connectivity index (χ1v) is 28.5. The van der Waals surface area contributed by atoms with Gasteiger partial charge in [-0.05, 0) is 195 Å². The number of para-hydroxylation sites is 1. The van der Waals surface area contributed by atoms with Crippen LogP contribution < -0.4 is 31.3 Å². The van der Waals surface area contributed by atoms with Crippen LogP contribution in [0.15, 0.2) is 114 Å². The summed E-state index contributed by atoms with van der Waals surface area (Å²) in [5.41, 5.74) is 25.3. The molecule has 4 heterocycles. The minimum atomic E-state index is -0.132. The van der Waals surface area contributed by atoms with Crippen molar-refractivity contribution in [2.75, 3.05) is 14.7 Å². The number of benzene rings is 6. The fourth-order valence-electron chi connectivity index (χ4n) is 16.6. The summed E-state index contributed by atoms with van der Waals surface area (Å²) in [5, 5.41) is 1.24. The van der Waals surface area contributed by atoms with Crippen LogP contribution in [0, 0.1) is 0 Å². The lowest BCUT2D eigenvalue weighted by Gasteiger charge is -2.51. The van der Waals surface area contributed by atoms with Crippen LogP contribution >= 0.6 is 0 Å². The predicted molar refractivity (Wildman–Crippen MR) is 314 cm³/mol. The Morgan fingerprint density at radius 3 is 1.66 bits per heavy atom. The zero-order valence-corrected chi connectivity index (χ0v) is 47.1. The molecule has 2 saturated carbocycles. The smallest absolute Gasteiger partial charge is 0.297 e. The first kappa shape index (κ1) is 46.8. The molecule has 1 aromatic heterocycles. The number of hydrogen-bond acceptors (Lipinski definition) is 4. The number of furan rings is 1. The van der Waals surface area contributed by atoms with Crippen LogP contribution in [0.4, 0.5) is 45.5 Å². The lowest BCUT2D eigenvalue weighted by Crippen LogP contribution is -2.61. The molecule has 74 heavy (non-hydrogen) atoms. The lowest BCUT2D eigenvalue weighted by molar-refractivity contribution is 0.195. The maximum Gasteiger partial charge on any atom is 0.297 e. The first-order valence-electron chi connectivity index (χ1n) is 28.5. The summed E-state index contributed by atoms with van der Waals surface area (Å²) in [5.74, 6) is 0. The molecule has 4 atom stereocenters. The van der Waals surface area contributed by atoms with Gasteiger partial charge in [-0.3, -0.25) is 0 Å². The molecule has 4 nitrogen and oxygen atoms in total. The minimum absolute atomic E-state index is 0.00690. The van der Waals surface area contributed by atoms with Crippen molar-refractivity contribution in [3.63, 3.8) is 0 Å². The van der Waals surface area contributed by atoms with E-state index in [1.165, 1.54) is 139 Å². The highest BCUT2D eigenvalue weighted by Crippen LogP contribution is 2.64. The zero-order valence-electron chi connectivity index (χ0n) is 47.1. The Balaban J connectivity index is 1.14. The number of rotatable bonds is 3. The molecule has 7 aromatic rings. The standard InChI is InChI=1S/C69H78BN3O/c1-62(2,3)42-21-25-44(26-22-42)71-55-39-50-49(64(7,8)31-32-65(50,9)10)38-53(55)70-59-56(71)35-46(73-54-20-16-15-19-48(54)68(13)29-17-18-30-69(68,73)14)36-57(59)72(45-27-23-43(24-28-45)63(4,5)6)60-47-37-51-52(40-58(47)74-61(60)70)67(12)34-33-66(51,11)41-67/h15-16,19-28,35-40H,17-18,29-34,41H2,1-14H3. The highest BCUT2D eigenvalue weighted by Gasteiger charge is 2.59. The van der Waals surface area contributed by atoms with Gasteiger partial charge in [-0.15, -0.1) is 0 Å². The molecule has 0 radical (unpaired) electrons. The van der Waals surface area contributed by atoms with Gasteiger partial charge in [0.1, 0.15) is 5.58 Å². The Hall–Kier alpha value is -5.68. The fraction of sp³-hybridized carbons (Fsp3) is 0.449. The van der Waals surface area contributed by atoms with Gasteiger partial charge >= 0.3 is 0 Å². The van der Waals surface area contributed by atoms with Gasteiger partial charge in [0.05, 0.1) is 16.9 Å². The third-order valence-electron chi connectivity index (χ3n) is 21.3. The van der Waals surface area contributed by atoms with Crippen molar-refractivity contribution in [3.8, 4) is 0 Å². The van der Waals surface area contributed by atoms with Gasteiger partial charge < -0.3 is 19.1 Å². The second-order valence-corrected chi connectivity index (χ2v) is 29.0. The Morgan fingerprint density at radius 2 is 1.04 bits per heavy atom. The second kappa shape index (κ2) is 14.6. The highest BCUT2D eigenvalue weighted by atomic mass is 16.3. The molecule has 4 aliphatic carbocycles. The summed E-state index contributed by atoms with van der Waals surface area (Å²) in [7, 11) is 0. The molecule has 0 N–H and O–H groups in total. The molecule has 5 heteroatoms. The number of anilines is 8. The summed E-state index contributed by atoms with van der Waals surface area (Å²) in [6.45, 7) is 34.1. The van der Waals surface area contributed by atoms with E-state index >= 15 is 0 Å². The predicted octanol–water partition coefficient (Wildman–Crippen LogP) is 16.9. The van der Waals surface area contributed by atoms with Crippen LogP contribution in [0.3, 0.4) is 0 Å². The maximum atomic E-state index is 7.77. The molecule has 0 saturated heterocycles. The minimum Gasteiger partial charge on any atom is -0.468 e. The van der Waals surface area contributed by atoms with E-state index < -0.39 is 0 Å². The average Bonchev–Trinajstić information content (AvgIpc) is 4.08. The van der Waals surface area contributed by atoms with Crippen molar-refractivity contribution in [1.29, 1.82) is 0 Å². The van der Waals surface area contributed by atoms with Crippen molar-refractivity contribution in [3.05, 3.63) is 148 Å². The highest BCUT2D eigenvalue weighted by molar-refractivity contribution is 7.00.